The molecule has 0 bridgehead atoms. The molecule has 81 valence electrons. The molecule has 1 aromatic rings. The molecule has 0 atom stereocenters. The zero-order valence-electron chi connectivity index (χ0n) is 9.66. The van der Waals surface area contributed by atoms with Crippen molar-refractivity contribution in [2.75, 3.05) is 13.6 Å². The maximum Gasteiger partial charge on any atom is 0.253 e. The highest BCUT2D eigenvalue weighted by Gasteiger charge is 2.10. The average molecular weight is 204 g/mol. The van der Waals surface area contributed by atoms with Crippen molar-refractivity contribution < 1.29 is 4.79 Å². The molecule has 0 saturated carbocycles. The molecule has 1 rings (SSSR count). The molecule has 0 aliphatic rings. The number of carbonyl (C=O) groups excluding carboxylic acids is 1. The summed E-state index contributed by atoms with van der Waals surface area (Å²) in [4.78, 5) is 13.6. The molecule has 1 radical (unpaired) electrons. The van der Waals surface area contributed by atoms with Crippen molar-refractivity contribution in [1.29, 1.82) is 0 Å². The van der Waals surface area contributed by atoms with E-state index in [1.165, 1.54) is 0 Å². The summed E-state index contributed by atoms with van der Waals surface area (Å²) in [6.45, 7) is 5.13. The first-order chi connectivity index (χ1) is 7.11. The quantitative estimate of drug-likeness (QED) is 0.738. The molecule has 0 heterocycles. The maximum absolute atomic E-state index is 11.9. The van der Waals surface area contributed by atoms with Crippen molar-refractivity contribution in [2.45, 2.75) is 20.3 Å². The van der Waals surface area contributed by atoms with E-state index in [0.717, 1.165) is 13.0 Å². The van der Waals surface area contributed by atoms with Gasteiger partial charge in [-0.1, -0.05) is 26.0 Å². The summed E-state index contributed by atoms with van der Waals surface area (Å²) in [7, 11) is 1.84. The molecule has 0 unspecified atom stereocenters. The Hall–Kier alpha value is -1.31. The van der Waals surface area contributed by atoms with E-state index >= 15 is 0 Å². The molecule has 0 aliphatic carbocycles. The first kappa shape index (κ1) is 11.8. The first-order valence-electron chi connectivity index (χ1n) is 5.33. The minimum Gasteiger partial charge on any atom is -0.342 e. The Labute approximate surface area is 91.9 Å². The van der Waals surface area contributed by atoms with Crippen LogP contribution >= 0.6 is 0 Å². The highest BCUT2D eigenvalue weighted by Crippen LogP contribution is 2.05. The lowest BCUT2D eigenvalue weighted by Crippen LogP contribution is -2.28. The zero-order chi connectivity index (χ0) is 11.3. The van der Waals surface area contributed by atoms with Crippen molar-refractivity contribution in [3.63, 3.8) is 0 Å². The van der Waals surface area contributed by atoms with E-state index in [2.05, 4.69) is 19.9 Å². The summed E-state index contributed by atoms with van der Waals surface area (Å²) < 4.78 is 0. The zero-order valence-corrected chi connectivity index (χ0v) is 9.66. The predicted octanol–water partition coefficient (Wildman–Crippen LogP) is 2.60. The lowest BCUT2D eigenvalue weighted by molar-refractivity contribution is 0.0789. The van der Waals surface area contributed by atoms with Crippen LogP contribution in [-0.4, -0.2) is 24.4 Å². The molecule has 1 aromatic carbocycles. The normalized spacial score (nSPS) is 10.4. The molecule has 1 amide bonds. The Morgan fingerprint density at radius 3 is 2.80 bits per heavy atom. The summed E-state index contributed by atoms with van der Waals surface area (Å²) in [5.74, 6) is 0.704. The fraction of sp³-hybridized carbons (Fsp3) is 0.462. The van der Waals surface area contributed by atoms with Gasteiger partial charge in [0.2, 0.25) is 0 Å². The summed E-state index contributed by atoms with van der Waals surface area (Å²) in [5.41, 5.74) is 0.712. The molecule has 2 heteroatoms. The van der Waals surface area contributed by atoms with Gasteiger partial charge in [-0.25, -0.2) is 0 Å². The Morgan fingerprint density at radius 1 is 1.53 bits per heavy atom. The fourth-order valence-electron chi connectivity index (χ4n) is 1.30. The van der Waals surface area contributed by atoms with Crippen molar-refractivity contribution >= 4 is 5.91 Å². The second-order valence-electron chi connectivity index (χ2n) is 4.20. The van der Waals surface area contributed by atoms with Crippen LogP contribution in [0.2, 0.25) is 0 Å². The van der Waals surface area contributed by atoms with E-state index in [-0.39, 0.29) is 5.91 Å². The SMILES string of the molecule is CC(C)CCN(C)C(=O)c1c[c]ccc1. The molecule has 0 aliphatic heterocycles. The van der Waals surface area contributed by atoms with E-state index in [9.17, 15) is 4.79 Å². The number of hydrogen-bond donors (Lipinski definition) is 0. The molecular formula is C13H18NO. The van der Waals surface area contributed by atoms with Crippen molar-refractivity contribution in [3.05, 3.63) is 35.9 Å². The number of carbonyl (C=O) groups is 1. The smallest absolute Gasteiger partial charge is 0.253 e. The topological polar surface area (TPSA) is 20.3 Å². The highest BCUT2D eigenvalue weighted by atomic mass is 16.2. The summed E-state index contributed by atoms with van der Waals surface area (Å²) in [6, 6.07) is 10.1. The molecule has 0 N–H and O–H groups in total. The van der Waals surface area contributed by atoms with E-state index < -0.39 is 0 Å². The van der Waals surface area contributed by atoms with Crippen LogP contribution < -0.4 is 0 Å². The standard InChI is InChI=1S/C13H18NO/c1-11(2)9-10-14(3)13(15)12-7-5-4-6-8-12/h4-5,7-8,11H,9-10H2,1-3H3. The first-order valence-corrected chi connectivity index (χ1v) is 5.33. The van der Waals surface area contributed by atoms with Crippen molar-refractivity contribution in [2.24, 2.45) is 5.92 Å². The van der Waals surface area contributed by atoms with Gasteiger partial charge in [0.15, 0.2) is 0 Å². The monoisotopic (exact) mass is 204 g/mol. The lowest BCUT2D eigenvalue weighted by Gasteiger charge is -2.18. The summed E-state index contributed by atoms with van der Waals surface area (Å²) in [6.07, 6.45) is 1.04. The van der Waals surface area contributed by atoms with Gasteiger partial charge >= 0.3 is 0 Å². The van der Waals surface area contributed by atoms with Gasteiger partial charge in [0, 0.05) is 19.2 Å². The van der Waals surface area contributed by atoms with Gasteiger partial charge in [0.1, 0.15) is 0 Å². The van der Waals surface area contributed by atoms with Crippen LogP contribution in [0.25, 0.3) is 0 Å². The fourth-order valence-corrected chi connectivity index (χ4v) is 1.30. The maximum atomic E-state index is 11.9. The number of amides is 1. The second-order valence-corrected chi connectivity index (χ2v) is 4.20. The molecule has 15 heavy (non-hydrogen) atoms. The number of benzene rings is 1. The van der Waals surface area contributed by atoms with Gasteiger partial charge in [-0.15, -0.1) is 0 Å². The van der Waals surface area contributed by atoms with Crippen LogP contribution in [0.3, 0.4) is 0 Å². The van der Waals surface area contributed by atoms with Crippen molar-refractivity contribution in [3.8, 4) is 0 Å². The molecule has 0 saturated heterocycles. The molecule has 2 nitrogen and oxygen atoms in total. The van der Waals surface area contributed by atoms with Crippen LogP contribution in [-0.2, 0) is 0 Å². The predicted molar refractivity (Wildman–Crippen MR) is 61.7 cm³/mol. The molecule has 0 fully saturated rings. The largest absolute Gasteiger partial charge is 0.342 e. The van der Waals surface area contributed by atoms with Gasteiger partial charge in [-0.05, 0) is 30.5 Å². The third kappa shape index (κ3) is 3.74. The van der Waals surface area contributed by atoms with Gasteiger partial charge in [-0.2, -0.15) is 0 Å². The van der Waals surface area contributed by atoms with Gasteiger partial charge in [0.05, 0.1) is 0 Å². The van der Waals surface area contributed by atoms with Crippen LogP contribution in [0, 0.1) is 12.0 Å². The Kier molecular flexibility index (Phi) is 4.35. The van der Waals surface area contributed by atoms with Crippen LogP contribution in [0.4, 0.5) is 0 Å². The highest BCUT2D eigenvalue weighted by molar-refractivity contribution is 5.93. The molecule has 0 aromatic heterocycles. The van der Waals surface area contributed by atoms with Crippen LogP contribution in [0.1, 0.15) is 30.6 Å². The lowest BCUT2D eigenvalue weighted by atomic mass is 10.1. The molecular weight excluding hydrogens is 186 g/mol. The third-order valence-corrected chi connectivity index (χ3v) is 2.34. The average Bonchev–Trinajstić information content (AvgIpc) is 2.26. The van der Waals surface area contributed by atoms with Crippen molar-refractivity contribution in [1.82, 2.24) is 4.90 Å². The van der Waals surface area contributed by atoms with E-state index in [0.29, 0.717) is 11.5 Å². The minimum absolute atomic E-state index is 0.0764. The summed E-state index contributed by atoms with van der Waals surface area (Å²) >= 11 is 0. The third-order valence-electron chi connectivity index (χ3n) is 2.34. The number of nitrogens with zero attached hydrogens (tertiary/aromatic N) is 1. The van der Waals surface area contributed by atoms with Gasteiger partial charge in [0.25, 0.3) is 5.91 Å². The van der Waals surface area contributed by atoms with E-state index in [4.69, 9.17) is 0 Å². The Balaban J connectivity index is 2.54. The Bertz CT molecular complexity index is 306. The van der Waals surface area contributed by atoms with Gasteiger partial charge < -0.3 is 4.90 Å². The van der Waals surface area contributed by atoms with Crippen LogP contribution in [0.15, 0.2) is 24.3 Å². The van der Waals surface area contributed by atoms with E-state index in [1.807, 2.05) is 19.2 Å². The van der Waals surface area contributed by atoms with Crippen LogP contribution in [0.5, 0.6) is 0 Å². The Morgan fingerprint density at radius 2 is 2.27 bits per heavy atom. The number of rotatable bonds is 4. The number of hydrogen-bond acceptors (Lipinski definition) is 1. The van der Waals surface area contributed by atoms with Gasteiger partial charge in [-0.3, -0.25) is 4.79 Å². The van der Waals surface area contributed by atoms with E-state index in [1.54, 1.807) is 17.0 Å². The minimum atomic E-state index is 0.0764. The summed E-state index contributed by atoms with van der Waals surface area (Å²) in [5, 5.41) is 0. The second kappa shape index (κ2) is 5.54. The molecule has 0 spiro atoms.